The number of fused-ring (bicyclic) bond motifs is 2. The van der Waals surface area contributed by atoms with Gasteiger partial charge >= 0.3 is 0 Å². The first-order valence-electron chi connectivity index (χ1n) is 7.20. The van der Waals surface area contributed by atoms with Gasteiger partial charge in [0.05, 0.1) is 15.9 Å². The molecule has 4 rings (SSSR count). The number of aryl methyl sites for hydroxylation is 2. The van der Waals surface area contributed by atoms with Gasteiger partial charge < -0.3 is 9.47 Å². The minimum Gasteiger partial charge on any atom is -0.454 e. The molecule has 1 aliphatic rings. The van der Waals surface area contributed by atoms with Crippen molar-refractivity contribution in [2.24, 2.45) is 0 Å². The molecule has 0 bridgehead atoms. The van der Waals surface area contributed by atoms with Crippen molar-refractivity contribution < 1.29 is 14.3 Å². The number of amides is 1. The fourth-order valence-electron chi connectivity index (χ4n) is 2.50. The van der Waals surface area contributed by atoms with Crippen LogP contribution in [0.25, 0.3) is 10.2 Å². The number of aromatic nitrogens is 3. The molecule has 23 heavy (non-hydrogen) atoms. The van der Waals surface area contributed by atoms with Crippen LogP contribution in [0.1, 0.15) is 23.1 Å². The van der Waals surface area contributed by atoms with Crippen LogP contribution in [0.2, 0.25) is 0 Å². The number of nitrogens with one attached hydrogen (secondary N) is 1. The second-order valence-corrected chi connectivity index (χ2v) is 6.16. The maximum Gasteiger partial charge on any atom is 0.275 e. The molecule has 0 fully saturated rings. The number of thiazole rings is 1. The Hall–Kier alpha value is -2.61. The monoisotopic (exact) mass is 330 g/mol. The highest BCUT2D eigenvalue weighted by Crippen LogP contribution is 2.38. The van der Waals surface area contributed by atoms with Crippen LogP contribution in [-0.4, -0.2) is 27.5 Å². The van der Waals surface area contributed by atoms with E-state index in [0.29, 0.717) is 28.9 Å². The van der Waals surface area contributed by atoms with Crippen LogP contribution in [0.15, 0.2) is 18.2 Å². The minimum absolute atomic E-state index is 0.216. The molecule has 3 heterocycles. The molecule has 8 heteroatoms. The Balaban J connectivity index is 1.63. The maximum atomic E-state index is 12.4. The van der Waals surface area contributed by atoms with Gasteiger partial charge in [-0.1, -0.05) is 11.3 Å². The van der Waals surface area contributed by atoms with Crippen molar-refractivity contribution in [3.8, 4) is 11.5 Å². The van der Waals surface area contributed by atoms with E-state index in [1.165, 1.54) is 11.3 Å². The molecule has 0 spiro atoms. The Kier molecular flexibility index (Phi) is 3.19. The molecule has 0 aliphatic carbocycles. The summed E-state index contributed by atoms with van der Waals surface area (Å²) >= 11 is 1.40. The molecule has 0 atom stereocenters. The predicted octanol–water partition coefficient (Wildman–Crippen LogP) is 2.80. The average Bonchev–Trinajstić information content (AvgIpc) is 3.21. The molecule has 1 aromatic carbocycles. The number of anilines is 1. The van der Waals surface area contributed by atoms with E-state index in [9.17, 15) is 4.79 Å². The van der Waals surface area contributed by atoms with Gasteiger partial charge in [-0.3, -0.25) is 14.8 Å². The third kappa shape index (κ3) is 2.40. The summed E-state index contributed by atoms with van der Waals surface area (Å²) in [7, 11) is 0. The maximum absolute atomic E-state index is 12.4. The summed E-state index contributed by atoms with van der Waals surface area (Å²) in [6.07, 6.45) is 0. The standard InChI is InChI=1S/C15H14N4O3S/c1-3-19-10(4-8(2)18-19)14(20)17-15-16-9-5-11-12(22-7-21-11)6-13(9)23-15/h4-6H,3,7H2,1-2H3,(H,16,17,20). The summed E-state index contributed by atoms with van der Waals surface area (Å²) in [5.74, 6) is 1.17. The molecule has 0 saturated carbocycles. The summed E-state index contributed by atoms with van der Waals surface area (Å²) in [6.45, 7) is 4.68. The molecule has 0 unspecified atom stereocenters. The summed E-state index contributed by atoms with van der Waals surface area (Å²) in [4.78, 5) is 16.9. The zero-order chi connectivity index (χ0) is 16.0. The fraction of sp³-hybridized carbons (Fsp3) is 0.267. The van der Waals surface area contributed by atoms with Crippen molar-refractivity contribution >= 4 is 32.6 Å². The van der Waals surface area contributed by atoms with Gasteiger partial charge in [0.25, 0.3) is 5.91 Å². The van der Waals surface area contributed by atoms with Gasteiger partial charge in [0, 0.05) is 18.7 Å². The van der Waals surface area contributed by atoms with Crippen LogP contribution in [0.3, 0.4) is 0 Å². The average molecular weight is 330 g/mol. The summed E-state index contributed by atoms with van der Waals surface area (Å²) in [5, 5.41) is 7.66. The highest BCUT2D eigenvalue weighted by atomic mass is 32.1. The largest absolute Gasteiger partial charge is 0.454 e. The van der Waals surface area contributed by atoms with Crippen molar-refractivity contribution in [3.05, 3.63) is 29.6 Å². The zero-order valence-electron chi connectivity index (χ0n) is 12.6. The zero-order valence-corrected chi connectivity index (χ0v) is 13.4. The Labute approximate surface area is 135 Å². The molecular formula is C15H14N4O3S. The van der Waals surface area contributed by atoms with E-state index in [1.807, 2.05) is 26.0 Å². The molecule has 0 radical (unpaired) electrons. The molecule has 2 aromatic heterocycles. The highest BCUT2D eigenvalue weighted by molar-refractivity contribution is 7.22. The third-order valence-corrected chi connectivity index (χ3v) is 4.47. The molecule has 1 amide bonds. The lowest BCUT2D eigenvalue weighted by molar-refractivity contribution is 0.101. The number of hydrogen-bond acceptors (Lipinski definition) is 6. The van der Waals surface area contributed by atoms with E-state index < -0.39 is 0 Å². The van der Waals surface area contributed by atoms with Crippen molar-refractivity contribution in [2.75, 3.05) is 12.1 Å². The van der Waals surface area contributed by atoms with E-state index in [4.69, 9.17) is 9.47 Å². The van der Waals surface area contributed by atoms with Gasteiger partial charge in [0.2, 0.25) is 6.79 Å². The van der Waals surface area contributed by atoms with Gasteiger partial charge in [-0.25, -0.2) is 4.98 Å². The molecular weight excluding hydrogens is 316 g/mol. The highest BCUT2D eigenvalue weighted by Gasteiger charge is 2.18. The molecule has 0 saturated heterocycles. The number of rotatable bonds is 3. The first kappa shape index (κ1) is 14.0. The molecule has 1 aliphatic heterocycles. The number of carbonyl (C=O) groups is 1. The van der Waals surface area contributed by atoms with Crippen molar-refractivity contribution in [1.82, 2.24) is 14.8 Å². The topological polar surface area (TPSA) is 78.3 Å². The van der Waals surface area contributed by atoms with E-state index >= 15 is 0 Å². The lowest BCUT2D eigenvalue weighted by atomic mass is 10.3. The van der Waals surface area contributed by atoms with E-state index in [2.05, 4.69) is 15.4 Å². The lowest BCUT2D eigenvalue weighted by Gasteiger charge is -2.03. The quantitative estimate of drug-likeness (QED) is 0.799. The summed E-state index contributed by atoms with van der Waals surface area (Å²) in [6, 6.07) is 5.47. The van der Waals surface area contributed by atoms with E-state index in [-0.39, 0.29) is 12.7 Å². The van der Waals surface area contributed by atoms with Crippen LogP contribution in [0, 0.1) is 6.92 Å². The summed E-state index contributed by atoms with van der Waals surface area (Å²) < 4.78 is 13.3. The van der Waals surface area contributed by atoms with Crippen molar-refractivity contribution in [1.29, 1.82) is 0 Å². The van der Waals surface area contributed by atoms with Crippen molar-refractivity contribution in [3.63, 3.8) is 0 Å². The van der Waals surface area contributed by atoms with Gasteiger partial charge in [0.1, 0.15) is 5.69 Å². The second-order valence-electron chi connectivity index (χ2n) is 5.13. The number of carbonyl (C=O) groups excluding carboxylic acids is 1. The van der Waals surface area contributed by atoms with Crippen LogP contribution in [0.5, 0.6) is 11.5 Å². The number of ether oxygens (including phenoxy) is 2. The van der Waals surface area contributed by atoms with Crippen LogP contribution < -0.4 is 14.8 Å². The van der Waals surface area contributed by atoms with Crippen molar-refractivity contribution in [2.45, 2.75) is 20.4 Å². The fourth-order valence-corrected chi connectivity index (χ4v) is 3.37. The van der Waals surface area contributed by atoms with E-state index in [1.54, 1.807) is 10.7 Å². The SMILES string of the molecule is CCn1nc(C)cc1C(=O)Nc1nc2cc3c(cc2s1)OCO3. The predicted molar refractivity (Wildman–Crippen MR) is 86.3 cm³/mol. The number of nitrogens with zero attached hydrogens (tertiary/aromatic N) is 3. The minimum atomic E-state index is -0.216. The smallest absolute Gasteiger partial charge is 0.275 e. The van der Waals surface area contributed by atoms with E-state index in [0.717, 1.165) is 15.9 Å². The first-order valence-corrected chi connectivity index (χ1v) is 8.01. The number of benzene rings is 1. The van der Waals surface area contributed by atoms with Crippen LogP contribution in [-0.2, 0) is 6.54 Å². The van der Waals surface area contributed by atoms with Gasteiger partial charge in [0.15, 0.2) is 16.6 Å². The molecule has 7 nitrogen and oxygen atoms in total. The molecule has 3 aromatic rings. The third-order valence-electron chi connectivity index (χ3n) is 3.54. The van der Waals surface area contributed by atoms with Crippen LogP contribution >= 0.6 is 11.3 Å². The Morgan fingerprint density at radius 3 is 2.91 bits per heavy atom. The summed E-state index contributed by atoms with van der Waals surface area (Å²) in [5.41, 5.74) is 2.11. The Morgan fingerprint density at radius 2 is 2.13 bits per heavy atom. The lowest BCUT2D eigenvalue weighted by Crippen LogP contribution is -2.17. The molecule has 118 valence electrons. The molecule has 1 N–H and O–H groups in total. The Morgan fingerprint density at radius 1 is 1.35 bits per heavy atom. The first-order chi connectivity index (χ1) is 11.1. The Bertz CT molecular complexity index is 874. The van der Waals surface area contributed by atoms with Crippen LogP contribution in [0.4, 0.5) is 5.13 Å². The van der Waals surface area contributed by atoms with Gasteiger partial charge in [-0.05, 0) is 19.9 Å². The van der Waals surface area contributed by atoms with Gasteiger partial charge in [-0.2, -0.15) is 5.10 Å². The van der Waals surface area contributed by atoms with Gasteiger partial charge in [-0.15, -0.1) is 0 Å². The normalized spacial score (nSPS) is 12.8. The number of hydrogen-bond donors (Lipinski definition) is 1. The second kappa shape index (κ2) is 5.24.